The van der Waals surface area contributed by atoms with Crippen molar-refractivity contribution in [2.45, 2.75) is 51.7 Å². The summed E-state index contributed by atoms with van der Waals surface area (Å²) >= 11 is 0. The number of likely N-dealkylation sites (tertiary alicyclic amines) is 1. The van der Waals surface area contributed by atoms with Crippen molar-refractivity contribution in [1.82, 2.24) is 4.90 Å². The Balaban J connectivity index is 1.74. The molecule has 3 rings (SSSR count). The summed E-state index contributed by atoms with van der Waals surface area (Å²) in [7, 11) is 0. The van der Waals surface area contributed by atoms with Crippen molar-refractivity contribution in [1.29, 1.82) is 0 Å². The van der Waals surface area contributed by atoms with E-state index in [-0.39, 0.29) is 5.91 Å². The highest BCUT2D eigenvalue weighted by atomic mass is 16.5. The van der Waals surface area contributed by atoms with Crippen LogP contribution in [0, 0.1) is 0 Å². The van der Waals surface area contributed by atoms with Gasteiger partial charge >= 0.3 is 0 Å². The predicted octanol–water partition coefficient (Wildman–Crippen LogP) is 2.82. The Labute approximate surface area is 126 Å². The molecule has 1 aromatic rings. The van der Waals surface area contributed by atoms with Gasteiger partial charge in [0.15, 0.2) is 6.10 Å². The maximum Gasteiger partial charge on any atom is 0.263 e. The van der Waals surface area contributed by atoms with E-state index in [1.165, 1.54) is 5.56 Å². The lowest BCUT2D eigenvalue weighted by molar-refractivity contribution is -0.136. The van der Waals surface area contributed by atoms with Gasteiger partial charge in [-0.2, -0.15) is 0 Å². The molecule has 2 heterocycles. The van der Waals surface area contributed by atoms with E-state index in [0.29, 0.717) is 6.04 Å². The first kappa shape index (κ1) is 14.2. The number of nitrogens with one attached hydrogen (secondary N) is 1. The summed E-state index contributed by atoms with van der Waals surface area (Å²) < 4.78 is 5.98. The van der Waals surface area contributed by atoms with Crippen LogP contribution in [0.25, 0.3) is 0 Å². The molecule has 21 heavy (non-hydrogen) atoms. The number of anilines is 1. The first-order chi connectivity index (χ1) is 10.1. The van der Waals surface area contributed by atoms with Gasteiger partial charge in [-0.1, -0.05) is 12.1 Å². The number of para-hydroxylation sites is 1. The smallest absolute Gasteiger partial charge is 0.263 e. The van der Waals surface area contributed by atoms with Gasteiger partial charge in [-0.25, -0.2) is 0 Å². The molecule has 2 atom stereocenters. The Morgan fingerprint density at radius 2 is 2.14 bits per heavy atom. The van der Waals surface area contributed by atoms with Crippen LogP contribution in [-0.4, -0.2) is 36.0 Å². The van der Waals surface area contributed by atoms with Crippen LogP contribution in [0.2, 0.25) is 0 Å². The number of benzene rings is 1. The number of ether oxygens (including phenoxy) is 1. The largest absolute Gasteiger partial charge is 0.479 e. The zero-order chi connectivity index (χ0) is 14.8. The highest BCUT2D eigenvalue weighted by molar-refractivity contribution is 5.81. The monoisotopic (exact) mass is 288 g/mol. The molecule has 0 bridgehead atoms. The molecule has 0 saturated carbocycles. The van der Waals surface area contributed by atoms with E-state index in [4.69, 9.17) is 4.74 Å². The van der Waals surface area contributed by atoms with E-state index in [1.54, 1.807) is 0 Å². The van der Waals surface area contributed by atoms with E-state index < -0.39 is 6.10 Å². The van der Waals surface area contributed by atoms with E-state index >= 15 is 0 Å². The summed E-state index contributed by atoms with van der Waals surface area (Å²) in [5.41, 5.74) is 2.35. The average molecular weight is 288 g/mol. The van der Waals surface area contributed by atoms with Crippen LogP contribution in [0.5, 0.6) is 5.75 Å². The topological polar surface area (TPSA) is 41.6 Å². The van der Waals surface area contributed by atoms with Crippen molar-refractivity contribution in [3.8, 4) is 5.75 Å². The molecule has 114 valence electrons. The molecule has 1 fully saturated rings. The molecular weight excluding hydrogens is 264 g/mol. The molecule has 2 aliphatic heterocycles. The summed E-state index contributed by atoms with van der Waals surface area (Å²) in [6.07, 6.45) is 4.00. The molecule has 0 spiro atoms. The summed E-state index contributed by atoms with van der Waals surface area (Å²) in [6, 6.07) is 6.55. The Morgan fingerprint density at radius 1 is 1.38 bits per heavy atom. The van der Waals surface area contributed by atoms with Crippen molar-refractivity contribution in [2.24, 2.45) is 0 Å². The van der Waals surface area contributed by atoms with Gasteiger partial charge in [0.1, 0.15) is 5.75 Å². The Kier molecular flexibility index (Phi) is 4.04. The maximum absolute atomic E-state index is 12.4. The number of aryl methyl sites for hydroxylation is 1. The van der Waals surface area contributed by atoms with Gasteiger partial charge in [0.05, 0.1) is 5.69 Å². The number of hydrogen-bond acceptors (Lipinski definition) is 3. The fourth-order valence-electron chi connectivity index (χ4n) is 3.17. The van der Waals surface area contributed by atoms with Crippen LogP contribution in [0.15, 0.2) is 18.2 Å². The summed E-state index contributed by atoms with van der Waals surface area (Å²) in [6.45, 7) is 5.77. The number of hydrogen-bond donors (Lipinski definition) is 1. The number of amides is 1. The number of fused-ring (bicyclic) bond motifs is 1. The molecule has 1 saturated heterocycles. The van der Waals surface area contributed by atoms with Gasteiger partial charge in [0.25, 0.3) is 5.91 Å². The van der Waals surface area contributed by atoms with Gasteiger partial charge in [-0.3, -0.25) is 4.79 Å². The van der Waals surface area contributed by atoms with Gasteiger partial charge < -0.3 is 15.0 Å². The van der Waals surface area contributed by atoms with E-state index in [0.717, 1.165) is 50.2 Å². The minimum absolute atomic E-state index is 0.106. The molecular formula is C17H24N2O2. The Bertz CT molecular complexity index is 524. The lowest BCUT2D eigenvalue weighted by atomic mass is 9.98. The van der Waals surface area contributed by atoms with Gasteiger partial charge in [0, 0.05) is 19.1 Å². The number of nitrogens with zero attached hydrogens (tertiary/aromatic N) is 1. The Hall–Kier alpha value is -1.71. The van der Waals surface area contributed by atoms with Crippen LogP contribution >= 0.6 is 0 Å². The molecule has 0 radical (unpaired) electrons. The highest BCUT2D eigenvalue weighted by Crippen LogP contribution is 2.34. The SMILES string of the molecule is CC1CCc2cccc(OC(C)C(=O)N3CCCC3)c2N1. The normalized spacial score (nSPS) is 22.4. The van der Waals surface area contributed by atoms with E-state index in [2.05, 4.69) is 18.3 Å². The third-order valence-corrected chi connectivity index (χ3v) is 4.42. The third-order valence-electron chi connectivity index (χ3n) is 4.42. The minimum Gasteiger partial charge on any atom is -0.479 e. The highest BCUT2D eigenvalue weighted by Gasteiger charge is 2.26. The molecule has 2 aliphatic rings. The Morgan fingerprint density at radius 3 is 2.90 bits per heavy atom. The van der Waals surface area contributed by atoms with Crippen LogP contribution in [0.3, 0.4) is 0 Å². The van der Waals surface area contributed by atoms with Crippen molar-refractivity contribution >= 4 is 11.6 Å². The first-order valence-electron chi connectivity index (χ1n) is 7.99. The lowest BCUT2D eigenvalue weighted by Gasteiger charge is -2.28. The fourth-order valence-corrected chi connectivity index (χ4v) is 3.17. The second kappa shape index (κ2) is 5.96. The maximum atomic E-state index is 12.4. The van der Waals surface area contributed by atoms with Crippen LogP contribution in [0.4, 0.5) is 5.69 Å². The molecule has 0 aromatic heterocycles. The zero-order valence-electron chi connectivity index (χ0n) is 12.9. The third kappa shape index (κ3) is 2.99. The van der Waals surface area contributed by atoms with Crippen LogP contribution < -0.4 is 10.1 Å². The number of rotatable bonds is 3. The number of carbonyl (C=O) groups excluding carboxylic acids is 1. The van der Waals surface area contributed by atoms with Crippen LogP contribution in [0.1, 0.15) is 38.7 Å². The number of carbonyl (C=O) groups is 1. The summed E-state index contributed by atoms with van der Waals surface area (Å²) in [5.74, 6) is 0.910. The van der Waals surface area contributed by atoms with Gasteiger partial charge in [-0.15, -0.1) is 0 Å². The molecule has 4 nitrogen and oxygen atoms in total. The van der Waals surface area contributed by atoms with E-state index in [9.17, 15) is 4.79 Å². The second-order valence-electron chi connectivity index (χ2n) is 6.17. The summed E-state index contributed by atoms with van der Waals surface area (Å²) in [5, 5.41) is 3.49. The van der Waals surface area contributed by atoms with E-state index in [1.807, 2.05) is 24.0 Å². The quantitative estimate of drug-likeness (QED) is 0.930. The second-order valence-corrected chi connectivity index (χ2v) is 6.17. The molecule has 2 unspecified atom stereocenters. The molecule has 1 amide bonds. The van der Waals surface area contributed by atoms with Crippen molar-refractivity contribution < 1.29 is 9.53 Å². The first-order valence-corrected chi connectivity index (χ1v) is 7.99. The lowest BCUT2D eigenvalue weighted by Crippen LogP contribution is -2.38. The summed E-state index contributed by atoms with van der Waals surface area (Å²) in [4.78, 5) is 14.3. The molecule has 4 heteroatoms. The zero-order valence-corrected chi connectivity index (χ0v) is 12.9. The van der Waals surface area contributed by atoms with Crippen molar-refractivity contribution in [3.63, 3.8) is 0 Å². The standard InChI is InChI=1S/C17H24N2O2/c1-12-8-9-14-6-5-7-15(16(14)18-12)21-13(2)17(20)19-10-3-4-11-19/h5-7,12-13,18H,3-4,8-11H2,1-2H3. The van der Waals surface area contributed by atoms with Crippen molar-refractivity contribution in [3.05, 3.63) is 23.8 Å². The van der Waals surface area contributed by atoms with Gasteiger partial charge in [-0.05, 0) is 51.2 Å². The fraction of sp³-hybridized carbons (Fsp3) is 0.588. The minimum atomic E-state index is -0.423. The van der Waals surface area contributed by atoms with Crippen molar-refractivity contribution in [2.75, 3.05) is 18.4 Å². The average Bonchev–Trinajstić information content (AvgIpc) is 3.01. The predicted molar refractivity (Wildman–Crippen MR) is 83.8 cm³/mol. The molecule has 1 N–H and O–H groups in total. The molecule has 1 aromatic carbocycles. The van der Waals surface area contributed by atoms with Crippen LogP contribution in [-0.2, 0) is 11.2 Å². The van der Waals surface area contributed by atoms with Gasteiger partial charge in [0.2, 0.25) is 0 Å². The molecule has 0 aliphatic carbocycles.